The summed E-state index contributed by atoms with van der Waals surface area (Å²) in [5, 5.41) is 7.87. The monoisotopic (exact) mass is 375 g/mol. The summed E-state index contributed by atoms with van der Waals surface area (Å²) in [4.78, 5) is 35.2. The molecular formula is C20H29N3O4. The number of allylic oxidation sites excluding steroid dienone is 1. The van der Waals surface area contributed by atoms with Gasteiger partial charge < -0.3 is 20.7 Å². The molecule has 0 aliphatic rings. The lowest BCUT2D eigenvalue weighted by Crippen LogP contribution is -2.39. The molecule has 0 saturated carbocycles. The first kappa shape index (κ1) is 22.2. The second-order valence-electron chi connectivity index (χ2n) is 7.42. The van der Waals surface area contributed by atoms with Crippen molar-refractivity contribution in [3.63, 3.8) is 0 Å². The molecule has 1 rings (SSSR count). The van der Waals surface area contributed by atoms with Gasteiger partial charge in [0.15, 0.2) is 0 Å². The third-order valence-electron chi connectivity index (χ3n) is 3.11. The van der Waals surface area contributed by atoms with Crippen molar-refractivity contribution in [3.8, 4) is 0 Å². The lowest BCUT2D eigenvalue weighted by atomic mass is 10.2. The van der Waals surface area contributed by atoms with E-state index in [9.17, 15) is 14.4 Å². The van der Waals surface area contributed by atoms with Gasteiger partial charge in [-0.2, -0.15) is 0 Å². The van der Waals surface area contributed by atoms with Crippen molar-refractivity contribution in [1.82, 2.24) is 10.6 Å². The smallest absolute Gasteiger partial charge is 0.408 e. The average molecular weight is 375 g/mol. The number of amides is 3. The standard InChI is InChI=1S/C20H29N3O4/c1-14(2)9-10-17(24)23-16-8-6-7-15(11-16)12-21-18(25)13-22-19(26)27-20(3,4)5/h6-11,14H,12-13H2,1-5H3,(H,21,25)(H,22,26)(H,23,24)/b10-9+. The van der Waals surface area contributed by atoms with E-state index < -0.39 is 11.7 Å². The van der Waals surface area contributed by atoms with Gasteiger partial charge in [0, 0.05) is 12.2 Å². The number of benzene rings is 1. The molecule has 0 atom stereocenters. The van der Waals surface area contributed by atoms with Crippen molar-refractivity contribution in [3.05, 3.63) is 42.0 Å². The van der Waals surface area contributed by atoms with Crippen LogP contribution in [0.4, 0.5) is 10.5 Å². The Morgan fingerprint density at radius 2 is 1.85 bits per heavy atom. The number of rotatable bonds is 7. The van der Waals surface area contributed by atoms with E-state index in [1.165, 1.54) is 6.08 Å². The highest BCUT2D eigenvalue weighted by Crippen LogP contribution is 2.11. The van der Waals surface area contributed by atoms with Crippen molar-refractivity contribution in [2.45, 2.75) is 46.8 Å². The third kappa shape index (κ3) is 10.7. The molecule has 1 aromatic rings. The van der Waals surface area contributed by atoms with Crippen molar-refractivity contribution in [1.29, 1.82) is 0 Å². The molecule has 0 spiro atoms. The molecule has 3 N–H and O–H groups in total. The van der Waals surface area contributed by atoms with Crippen molar-refractivity contribution < 1.29 is 19.1 Å². The van der Waals surface area contributed by atoms with Gasteiger partial charge in [0.1, 0.15) is 12.1 Å². The highest BCUT2D eigenvalue weighted by atomic mass is 16.6. The Balaban J connectivity index is 2.45. The van der Waals surface area contributed by atoms with Gasteiger partial charge in [-0.3, -0.25) is 9.59 Å². The number of nitrogens with one attached hydrogen (secondary N) is 3. The Kier molecular flexibility index (Phi) is 8.51. The van der Waals surface area contributed by atoms with Crippen LogP contribution in [0.1, 0.15) is 40.2 Å². The summed E-state index contributed by atoms with van der Waals surface area (Å²) in [5.41, 5.74) is 0.855. The molecule has 0 saturated heterocycles. The fourth-order valence-electron chi connectivity index (χ4n) is 1.95. The highest BCUT2D eigenvalue weighted by Gasteiger charge is 2.16. The van der Waals surface area contributed by atoms with Gasteiger partial charge in [-0.15, -0.1) is 0 Å². The maximum absolute atomic E-state index is 11.8. The summed E-state index contributed by atoms with van der Waals surface area (Å²) >= 11 is 0. The fraction of sp³-hybridized carbons (Fsp3) is 0.450. The second kappa shape index (κ2) is 10.4. The van der Waals surface area contributed by atoms with Crippen molar-refractivity contribution in [2.24, 2.45) is 5.92 Å². The van der Waals surface area contributed by atoms with Crippen molar-refractivity contribution in [2.75, 3.05) is 11.9 Å². The quantitative estimate of drug-likeness (QED) is 0.638. The lowest BCUT2D eigenvalue weighted by Gasteiger charge is -2.19. The molecule has 3 amide bonds. The van der Waals surface area contributed by atoms with E-state index in [4.69, 9.17) is 4.74 Å². The maximum Gasteiger partial charge on any atom is 0.408 e. The van der Waals surface area contributed by atoms with Crippen LogP contribution in [0, 0.1) is 5.92 Å². The van der Waals surface area contributed by atoms with E-state index in [1.54, 1.807) is 39.0 Å². The molecule has 0 aliphatic heterocycles. The van der Waals surface area contributed by atoms with Crippen LogP contribution in [0.5, 0.6) is 0 Å². The first-order chi connectivity index (χ1) is 12.5. The minimum absolute atomic E-state index is 0.175. The zero-order chi connectivity index (χ0) is 20.4. The molecular weight excluding hydrogens is 346 g/mol. The topological polar surface area (TPSA) is 96.5 Å². The normalized spacial score (nSPS) is 11.3. The molecule has 0 unspecified atom stereocenters. The lowest BCUT2D eigenvalue weighted by molar-refractivity contribution is -0.120. The van der Waals surface area contributed by atoms with Crippen LogP contribution in [0.25, 0.3) is 0 Å². The summed E-state index contributed by atoms with van der Waals surface area (Å²) in [6.45, 7) is 9.33. The van der Waals surface area contributed by atoms with Crippen LogP contribution in [0.3, 0.4) is 0 Å². The molecule has 27 heavy (non-hydrogen) atoms. The molecule has 0 heterocycles. The summed E-state index contributed by atoms with van der Waals surface area (Å²) in [6.07, 6.45) is 2.68. The highest BCUT2D eigenvalue weighted by molar-refractivity contribution is 5.99. The zero-order valence-electron chi connectivity index (χ0n) is 16.6. The number of ether oxygens (including phenoxy) is 1. The fourth-order valence-corrected chi connectivity index (χ4v) is 1.95. The number of carbonyl (C=O) groups is 3. The maximum atomic E-state index is 11.8. The minimum atomic E-state index is -0.642. The zero-order valence-corrected chi connectivity index (χ0v) is 16.6. The van der Waals surface area contributed by atoms with Crippen LogP contribution in [-0.4, -0.2) is 30.1 Å². The molecule has 7 nitrogen and oxygen atoms in total. The first-order valence-corrected chi connectivity index (χ1v) is 8.87. The Hall–Kier alpha value is -2.83. The van der Waals surface area contributed by atoms with Gasteiger partial charge >= 0.3 is 6.09 Å². The summed E-state index contributed by atoms with van der Waals surface area (Å²) in [7, 11) is 0. The van der Waals surface area contributed by atoms with Gasteiger partial charge in [0.2, 0.25) is 11.8 Å². The third-order valence-corrected chi connectivity index (χ3v) is 3.11. The Morgan fingerprint density at radius 1 is 1.15 bits per heavy atom. The average Bonchev–Trinajstić information content (AvgIpc) is 2.55. The van der Waals surface area contributed by atoms with Gasteiger partial charge in [0.25, 0.3) is 0 Å². The molecule has 148 valence electrons. The predicted molar refractivity (Wildman–Crippen MR) is 105 cm³/mol. The van der Waals surface area contributed by atoms with Gasteiger partial charge in [-0.1, -0.05) is 32.1 Å². The largest absolute Gasteiger partial charge is 0.444 e. The van der Waals surface area contributed by atoms with E-state index in [1.807, 2.05) is 26.0 Å². The molecule has 0 aromatic heterocycles. The Bertz CT molecular complexity index is 691. The second-order valence-corrected chi connectivity index (χ2v) is 7.42. The van der Waals surface area contributed by atoms with E-state index in [0.717, 1.165) is 5.56 Å². The molecule has 0 aliphatic carbocycles. The molecule has 1 aromatic carbocycles. The number of anilines is 1. The Morgan fingerprint density at radius 3 is 2.48 bits per heavy atom. The van der Waals surface area contributed by atoms with Crippen LogP contribution in [0.2, 0.25) is 0 Å². The van der Waals surface area contributed by atoms with Crippen LogP contribution in [0.15, 0.2) is 36.4 Å². The molecule has 0 radical (unpaired) electrons. The van der Waals surface area contributed by atoms with Crippen LogP contribution in [-0.2, 0) is 20.9 Å². The summed E-state index contributed by atoms with van der Waals surface area (Å²) in [5.74, 6) is -0.242. The number of hydrogen-bond acceptors (Lipinski definition) is 4. The van der Waals surface area contributed by atoms with Crippen molar-refractivity contribution >= 4 is 23.6 Å². The molecule has 0 fully saturated rings. The first-order valence-electron chi connectivity index (χ1n) is 8.87. The minimum Gasteiger partial charge on any atom is -0.444 e. The SMILES string of the molecule is CC(C)/C=C/C(=O)Nc1cccc(CNC(=O)CNC(=O)OC(C)(C)C)c1. The number of alkyl carbamates (subject to hydrolysis) is 1. The molecule has 7 heteroatoms. The van der Waals surface area contributed by atoms with Crippen LogP contribution < -0.4 is 16.0 Å². The van der Waals surface area contributed by atoms with Gasteiger partial charge in [-0.05, 0) is 50.5 Å². The Labute approximate surface area is 160 Å². The summed E-state index contributed by atoms with van der Waals surface area (Å²) < 4.78 is 5.06. The van der Waals surface area contributed by atoms with E-state index in [2.05, 4.69) is 16.0 Å². The number of carbonyl (C=O) groups excluding carboxylic acids is 3. The van der Waals surface area contributed by atoms with E-state index in [0.29, 0.717) is 11.6 Å². The number of hydrogen-bond donors (Lipinski definition) is 3. The van der Waals surface area contributed by atoms with E-state index in [-0.39, 0.29) is 24.9 Å². The molecule has 0 bridgehead atoms. The van der Waals surface area contributed by atoms with Gasteiger partial charge in [-0.25, -0.2) is 4.79 Å². The van der Waals surface area contributed by atoms with E-state index >= 15 is 0 Å². The summed E-state index contributed by atoms with van der Waals surface area (Å²) in [6, 6.07) is 7.18. The van der Waals surface area contributed by atoms with Crippen LogP contribution >= 0.6 is 0 Å². The predicted octanol–water partition coefficient (Wildman–Crippen LogP) is 2.98. The van der Waals surface area contributed by atoms with Gasteiger partial charge in [0.05, 0.1) is 0 Å².